The molecule has 3 N–H and O–H groups in total. The minimum absolute atomic E-state index is 0.0484. The zero-order valence-corrected chi connectivity index (χ0v) is 14.7. The van der Waals surface area contributed by atoms with Crippen molar-refractivity contribution in [3.05, 3.63) is 52.1 Å². The molecular weight excluding hydrogens is 338 g/mol. The smallest absolute Gasteiger partial charge is 0.269 e. The molecule has 0 saturated heterocycles. The van der Waals surface area contributed by atoms with Crippen molar-refractivity contribution in [2.45, 2.75) is 26.3 Å². The highest BCUT2D eigenvalue weighted by molar-refractivity contribution is 7.80. The molecule has 2 aromatic rings. The fourth-order valence-electron chi connectivity index (χ4n) is 2.69. The molecule has 130 valence electrons. The Balaban J connectivity index is 1.74. The fraction of sp³-hybridized carbons (Fsp3) is 0.294. The van der Waals surface area contributed by atoms with Crippen molar-refractivity contribution in [2.75, 3.05) is 6.54 Å². The SMILES string of the molecule is C=C(C)CNC(=S)NNC(=O)c1ccc2c(=O)n3c(nc2c1)CCC3. The predicted molar refractivity (Wildman–Crippen MR) is 100 cm³/mol. The van der Waals surface area contributed by atoms with E-state index in [9.17, 15) is 9.59 Å². The van der Waals surface area contributed by atoms with Gasteiger partial charge in [-0.2, -0.15) is 0 Å². The quantitative estimate of drug-likeness (QED) is 0.432. The number of nitrogens with one attached hydrogen (secondary N) is 3. The molecule has 8 heteroatoms. The summed E-state index contributed by atoms with van der Waals surface area (Å²) in [6.07, 6.45) is 1.70. The van der Waals surface area contributed by atoms with Crippen molar-refractivity contribution in [1.82, 2.24) is 25.7 Å². The molecule has 0 atom stereocenters. The molecule has 0 saturated carbocycles. The van der Waals surface area contributed by atoms with Gasteiger partial charge in [0.05, 0.1) is 10.9 Å². The highest BCUT2D eigenvalue weighted by Gasteiger charge is 2.17. The van der Waals surface area contributed by atoms with Gasteiger partial charge in [-0.05, 0) is 43.8 Å². The number of carbonyl (C=O) groups excluding carboxylic acids is 1. The van der Waals surface area contributed by atoms with Gasteiger partial charge >= 0.3 is 0 Å². The van der Waals surface area contributed by atoms with E-state index in [1.54, 1.807) is 22.8 Å². The van der Waals surface area contributed by atoms with Gasteiger partial charge in [0.1, 0.15) is 5.82 Å². The van der Waals surface area contributed by atoms with Crippen molar-refractivity contribution in [1.29, 1.82) is 0 Å². The maximum atomic E-state index is 12.4. The number of aromatic nitrogens is 2. The average Bonchev–Trinajstić information content (AvgIpc) is 3.06. The third-order valence-electron chi connectivity index (χ3n) is 3.92. The number of hydrogen-bond donors (Lipinski definition) is 3. The summed E-state index contributed by atoms with van der Waals surface area (Å²) in [5.74, 6) is 0.419. The van der Waals surface area contributed by atoms with Gasteiger partial charge in [-0.1, -0.05) is 12.2 Å². The van der Waals surface area contributed by atoms with Crippen molar-refractivity contribution in [2.24, 2.45) is 0 Å². The van der Waals surface area contributed by atoms with Crippen LogP contribution in [0.3, 0.4) is 0 Å². The van der Waals surface area contributed by atoms with E-state index in [-0.39, 0.29) is 11.5 Å². The van der Waals surface area contributed by atoms with Gasteiger partial charge in [-0.15, -0.1) is 0 Å². The Morgan fingerprint density at radius 2 is 2.20 bits per heavy atom. The second-order valence-corrected chi connectivity index (χ2v) is 6.45. The molecular formula is C17H19N5O2S. The molecule has 0 bridgehead atoms. The number of thiocarbonyl (C=S) groups is 1. The number of fused-ring (bicyclic) bond motifs is 2. The van der Waals surface area contributed by atoms with E-state index in [4.69, 9.17) is 12.2 Å². The van der Waals surface area contributed by atoms with Gasteiger partial charge in [0.25, 0.3) is 11.5 Å². The number of amides is 1. The maximum Gasteiger partial charge on any atom is 0.269 e. The Bertz CT molecular complexity index is 935. The predicted octanol–water partition coefficient (Wildman–Crippen LogP) is 1.03. The molecule has 1 aromatic carbocycles. The van der Waals surface area contributed by atoms with Crippen LogP contribution in [0.25, 0.3) is 10.9 Å². The van der Waals surface area contributed by atoms with Gasteiger partial charge in [0, 0.05) is 25.1 Å². The zero-order valence-electron chi connectivity index (χ0n) is 13.9. The van der Waals surface area contributed by atoms with Gasteiger partial charge in [-0.3, -0.25) is 25.0 Å². The van der Waals surface area contributed by atoms with Gasteiger partial charge < -0.3 is 5.32 Å². The number of hydrogen-bond acceptors (Lipinski definition) is 4. The number of nitrogens with zero attached hydrogens (tertiary/aromatic N) is 2. The molecule has 25 heavy (non-hydrogen) atoms. The number of benzene rings is 1. The second-order valence-electron chi connectivity index (χ2n) is 6.04. The molecule has 1 aliphatic heterocycles. The maximum absolute atomic E-state index is 12.4. The van der Waals surface area contributed by atoms with Crippen molar-refractivity contribution in [3.63, 3.8) is 0 Å². The van der Waals surface area contributed by atoms with Crippen LogP contribution in [0.15, 0.2) is 35.1 Å². The summed E-state index contributed by atoms with van der Waals surface area (Å²) in [6, 6.07) is 4.87. The van der Waals surface area contributed by atoms with E-state index in [0.29, 0.717) is 34.7 Å². The molecule has 0 aliphatic carbocycles. The molecule has 3 rings (SSSR count). The summed E-state index contributed by atoms with van der Waals surface area (Å²) >= 11 is 5.05. The Hall–Kier alpha value is -2.74. The van der Waals surface area contributed by atoms with E-state index in [1.807, 2.05) is 6.92 Å². The highest BCUT2D eigenvalue weighted by atomic mass is 32.1. The number of hydrazine groups is 1. The molecule has 7 nitrogen and oxygen atoms in total. The molecule has 1 aliphatic rings. The van der Waals surface area contributed by atoms with Crippen LogP contribution >= 0.6 is 12.2 Å². The molecule has 1 aromatic heterocycles. The van der Waals surface area contributed by atoms with Crippen LogP contribution in [0.4, 0.5) is 0 Å². The van der Waals surface area contributed by atoms with Gasteiger partial charge in [0.15, 0.2) is 5.11 Å². The summed E-state index contributed by atoms with van der Waals surface area (Å²) in [5.41, 5.74) is 6.97. The first-order chi connectivity index (χ1) is 12.0. The second kappa shape index (κ2) is 7.02. The summed E-state index contributed by atoms with van der Waals surface area (Å²) in [4.78, 5) is 29.2. The third-order valence-corrected chi connectivity index (χ3v) is 4.17. The van der Waals surface area contributed by atoms with Gasteiger partial charge in [-0.25, -0.2) is 4.98 Å². The molecule has 0 fully saturated rings. The monoisotopic (exact) mass is 357 g/mol. The molecule has 1 amide bonds. The van der Waals surface area contributed by atoms with Crippen molar-refractivity contribution in [3.8, 4) is 0 Å². The third kappa shape index (κ3) is 3.69. The summed E-state index contributed by atoms with van der Waals surface area (Å²) in [6.45, 7) is 6.86. The number of carbonyl (C=O) groups is 1. The van der Waals surface area contributed by atoms with Crippen LogP contribution in [-0.4, -0.2) is 27.1 Å². The lowest BCUT2D eigenvalue weighted by molar-refractivity contribution is 0.0944. The first-order valence-corrected chi connectivity index (χ1v) is 8.38. The van der Waals surface area contributed by atoms with E-state index < -0.39 is 0 Å². The summed E-state index contributed by atoms with van der Waals surface area (Å²) in [5, 5.41) is 3.72. The highest BCUT2D eigenvalue weighted by Crippen LogP contribution is 2.16. The van der Waals surface area contributed by atoms with Crippen molar-refractivity contribution >= 4 is 34.1 Å². The summed E-state index contributed by atoms with van der Waals surface area (Å²) < 4.78 is 1.70. The lowest BCUT2D eigenvalue weighted by Crippen LogP contribution is -2.47. The molecule has 0 radical (unpaired) electrons. The largest absolute Gasteiger partial charge is 0.358 e. The Labute approximate surface area is 150 Å². The van der Waals surface area contributed by atoms with Crippen LogP contribution in [0.2, 0.25) is 0 Å². The number of rotatable bonds is 3. The average molecular weight is 357 g/mol. The van der Waals surface area contributed by atoms with E-state index >= 15 is 0 Å². The molecule has 2 heterocycles. The fourth-order valence-corrected chi connectivity index (χ4v) is 2.81. The first-order valence-electron chi connectivity index (χ1n) is 7.98. The summed E-state index contributed by atoms with van der Waals surface area (Å²) in [7, 11) is 0. The normalized spacial score (nSPS) is 12.5. The molecule has 0 spiro atoms. The topological polar surface area (TPSA) is 88.0 Å². The number of aryl methyl sites for hydroxylation is 1. The van der Waals surface area contributed by atoms with E-state index in [2.05, 4.69) is 27.7 Å². The zero-order chi connectivity index (χ0) is 18.0. The Morgan fingerprint density at radius 1 is 1.40 bits per heavy atom. The lowest BCUT2D eigenvalue weighted by Gasteiger charge is -2.12. The van der Waals surface area contributed by atoms with Crippen LogP contribution in [-0.2, 0) is 13.0 Å². The van der Waals surface area contributed by atoms with Crippen LogP contribution in [0, 0.1) is 0 Å². The van der Waals surface area contributed by atoms with Gasteiger partial charge in [0.2, 0.25) is 0 Å². The van der Waals surface area contributed by atoms with Crippen LogP contribution in [0.5, 0.6) is 0 Å². The van der Waals surface area contributed by atoms with Crippen molar-refractivity contribution < 1.29 is 4.79 Å². The Kier molecular flexibility index (Phi) is 4.80. The van der Waals surface area contributed by atoms with Crippen LogP contribution < -0.4 is 21.7 Å². The van der Waals surface area contributed by atoms with Crippen LogP contribution in [0.1, 0.15) is 29.5 Å². The minimum atomic E-state index is -0.358. The first kappa shape index (κ1) is 17.1. The molecule has 0 unspecified atom stereocenters. The van der Waals surface area contributed by atoms with E-state index in [0.717, 1.165) is 24.2 Å². The Morgan fingerprint density at radius 3 is 2.96 bits per heavy atom. The lowest BCUT2D eigenvalue weighted by atomic mass is 10.1. The van der Waals surface area contributed by atoms with E-state index in [1.165, 1.54) is 0 Å². The minimum Gasteiger partial charge on any atom is -0.358 e. The standard InChI is InChI=1S/C17H19N5O2S/c1-10(2)9-18-17(25)21-20-15(23)11-5-6-12-13(8-11)19-14-4-3-7-22(14)16(12)24/h5-6,8H,1,3-4,7,9H2,2H3,(H,20,23)(H2,18,21,25).